The van der Waals surface area contributed by atoms with Gasteiger partial charge in [-0.1, -0.05) is 13.0 Å². The monoisotopic (exact) mass is 167 g/mol. The van der Waals surface area contributed by atoms with Crippen LogP contribution in [0.3, 0.4) is 0 Å². The van der Waals surface area contributed by atoms with Gasteiger partial charge in [-0.25, -0.2) is 4.99 Å². The number of aliphatic imine (C=N–C) groups is 1. The highest BCUT2D eigenvalue weighted by Crippen LogP contribution is 1.96. The van der Waals surface area contributed by atoms with Gasteiger partial charge in [-0.3, -0.25) is 0 Å². The van der Waals surface area contributed by atoms with Gasteiger partial charge in [0.05, 0.1) is 0 Å². The zero-order valence-electron chi connectivity index (χ0n) is 7.96. The average molecular weight is 167 g/mol. The summed E-state index contributed by atoms with van der Waals surface area (Å²) in [5.41, 5.74) is 6.40. The summed E-state index contributed by atoms with van der Waals surface area (Å²) < 4.78 is 0. The van der Waals surface area contributed by atoms with E-state index in [1.54, 1.807) is 6.21 Å². The van der Waals surface area contributed by atoms with Crippen molar-refractivity contribution in [2.24, 2.45) is 10.7 Å². The molecule has 0 aromatic heterocycles. The molecule has 0 saturated heterocycles. The predicted molar refractivity (Wildman–Crippen MR) is 53.9 cm³/mol. The molecule has 0 radical (unpaired) electrons. The maximum atomic E-state index is 5.66. The van der Waals surface area contributed by atoms with Gasteiger partial charge in [-0.2, -0.15) is 0 Å². The molecule has 0 amide bonds. The smallest absolute Gasteiger partial charge is 0.127 e. The van der Waals surface area contributed by atoms with Crippen molar-refractivity contribution in [2.45, 2.75) is 20.3 Å². The summed E-state index contributed by atoms with van der Waals surface area (Å²) in [4.78, 5) is 4.07. The van der Waals surface area contributed by atoms with Crippen LogP contribution in [0.2, 0.25) is 0 Å². The molecule has 3 heteroatoms. The summed E-state index contributed by atoms with van der Waals surface area (Å²) in [5.74, 6) is 0.778. The van der Waals surface area contributed by atoms with Crippen molar-refractivity contribution in [3.05, 3.63) is 23.7 Å². The van der Waals surface area contributed by atoms with Crippen LogP contribution in [0, 0.1) is 0 Å². The number of nitrogens with one attached hydrogen (secondary N) is 1. The second kappa shape index (κ2) is 6.46. The summed E-state index contributed by atoms with van der Waals surface area (Å²) in [7, 11) is 1.82. The van der Waals surface area contributed by atoms with Crippen LogP contribution in [0.5, 0.6) is 0 Å². The Morgan fingerprint density at radius 3 is 2.67 bits per heavy atom. The molecule has 0 aromatic carbocycles. The Kier molecular flexibility index (Phi) is 5.79. The van der Waals surface area contributed by atoms with Gasteiger partial charge < -0.3 is 11.1 Å². The lowest BCUT2D eigenvalue weighted by atomic mass is 10.3. The van der Waals surface area contributed by atoms with Crippen molar-refractivity contribution >= 4 is 6.21 Å². The molecule has 0 aliphatic heterocycles. The molecule has 0 atom stereocenters. The third-order valence-corrected chi connectivity index (χ3v) is 1.27. The fourth-order valence-corrected chi connectivity index (χ4v) is 0.766. The summed E-state index contributed by atoms with van der Waals surface area (Å²) in [6, 6.07) is 0. The maximum Gasteiger partial charge on any atom is 0.127 e. The first-order valence-corrected chi connectivity index (χ1v) is 4.08. The Bertz CT molecular complexity index is 202. The lowest BCUT2D eigenvalue weighted by Crippen LogP contribution is -2.06. The molecule has 0 rings (SSSR count). The predicted octanol–water partition coefficient (Wildman–Crippen LogP) is 1.39. The van der Waals surface area contributed by atoms with E-state index in [4.69, 9.17) is 5.73 Å². The first kappa shape index (κ1) is 10.8. The second-order valence-corrected chi connectivity index (χ2v) is 2.28. The van der Waals surface area contributed by atoms with Crippen molar-refractivity contribution in [1.29, 1.82) is 0 Å². The fraction of sp³-hybridized carbons (Fsp3) is 0.444. The lowest BCUT2D eigenvalue weighted by Gasteiger charge is -1.99. The SMILES string of the molecule is CC=N/C(=C\C(N)=C/CC)NC. The second-order valence-electron chi connectivity index (χ2n) is 2.28. The van der Waals surface area contributed by atoms with E-state index in [1.807, 2.05) is 33.0 Å². The van der Waals surface area contributed by atoms with E-state index in [2.05, 4.69) is 10.3 Å². The van der Waals surface area contributed by atoms with Crippen LogP contribution in [-0.4, -0.2) is 13.3 Å². The maximum absolute atomic E-state index is 5.66. The van der Waals surface area contributed by atoms with Crippen LogP contribution in [0.25, 0.3) is 0 Å². The minimum Gasteiger partial charge on any atom is -0.399 e. The molecule has 0 bridgehead atoms. The lowest BCUT2D eigenvalue weighted by molar-refractivity contribution is 0.961. The van der Waals surface area contributed by atoms with Crippen molar-refractivity contribution in [3.63, 3.8) is 0 Å². The largest absolute Gasteiger partial charge is 0.399 e. The number of hydrogen-bond donors (Lipinski definition) is 2. The molecule has 0 saturated carbocycles. The van der Waals surface area contributed by atoms with E-state index in [1.165, 1.54) is 0 Å². The van der Waals surface area contributed by atoms with E-state index >= 15 is 0 Å². The molecule has 0 fully saturated rings. The van der Waals surface area contributed by atoms with E-state index in [0.717, 1.165) is 17.9 Å². The minimum absolute atomic E-state index is 0.743. The third-order valence-electron chi connectivity index (χ3n) is 1.27. The zero-order chi connectivity index (χ0) is 9.40. The van der Waals surface area contributed by atoms with Crippen LogP contribution < -0.4 is 11.1 Å². The summed E-state index contributed by atoms with van der Waals surface area (Å²) >= 11 is 0. The summed E-state index contributed by atoms with van der Waals surface area (Å²) in [6.07, 6.45) is 6.42. The van der Waals surface area contributed by atoms with E-state index in [9.17, 15) is 0 Å². The third kappa shape index (κ3) is 4.55. The van der Waals surface area contributed by atoms with Gasteiger partial charge in [0.1, 0.15) is 5.82 Å². The zero-order valence-corrected chi connectivity index (χ0v) is 7.96. The van der Waals surface area contributed by atoms with Crippen molar-refractivity contribution in [1.82, 2.24) is 5.32 Å². The Morgan fingerprint density at radius 1 is 1.58 bits per heavy atom. The normalized spacial score (nSPS) is 13.9. The number of rotatable bonds is 4. The van der Waals surface area contributed by atoms with Gasteiger partial charge in [0, 0.05) is 25.0 Å². The quantitative estimate of drug-likeness (QED) is 0.491. The van der Waals surface area contributed by atoms with E-state index < -0.39 is 0 Å². The Hall–Kier alpha value is -1.25. The number of nitrogens with zero attached hydrogens (tertiary/aromatic N) is 1. The van der Waals surface area contributed by atoms with Gasteiger partial charge in [0.15, 0.2) is 0 Å². The average Bonchev–Trinajstić information content (AvgIpc) is 2.04. The summed E-state index contributed by atoms with van der Waals surface area (Å²) in [5, 5.41) is 2.93. The number of allylic oxidation sites excluding steroid dienone is 2. The van der Waals surface area contributed by atoms with Crippen LogP contribution in [0.4, 0.5) is 0 Å². The Morgan fingerprint density at radius 2 is 2.25 bits per heavy atom. The van der Waals surface area contributed by atoms with Crippen molar-refractivity contribution < 1.29 is 0 Å². The molecule has 3 nitrogen and oxygen atoms in total. The van der Waals surface area contributed by atoms with E-state index in [0.29, 0.717) is 0 Å². The molecular weight excluding hydrogens is 150 g/mol. The highest BCUT2D eigenvalue weighted by atomic mass is 15.0. The van der Waals surface area contributed by atoms with Gasteiger partial charge in [0.25, 0.3) is 0 Å². The highest BCUT2D eigenvalue weighted by Gasteiger charge is 1.88. The number of hydrogen-bond acceptors (Lipinski definition) is 3. The van der Waals surface area contributed by atoms with Gasteiger partial charge in [0.2, 0.25) is 0 Å². The molecule has 0 spiro atoms. The first-order valence-electron chi connectivity index (χ1n) is 4.08. The Balaban J connectivity index is 4.37. The molecule has 0 aliphatic carbocycles. The van der Waals surface area contributed by atoms with Gasteiger partial charge in [-0.05, 0) is 13.3 Å². The standard InChI is InChI=1S/C9H17N3/c1-4-6-8(10)7-9(11-3)12-5-2/h5-7,11H,4,10H2,1-3H3/b8-6+,9-7-,12-5?. The molecule has 68 valence electrons. The molecule has 0 aliphatic rings. The first-order chi connectivity index (χ1) is 5.74. The van der Waals surface area contributed by atoms with E-state index in [-0.39, 0.29) is 0 Å². The van der Waals surface area contributed by atoms with Gasteiger partial charge >= 0.3 is 0 Å². The topological polar surface area (TPSA) is 50.4 Å². The summed E-state index contributed by atoms with van der Waals surface area (Å²) in [6.45, 7) is 3.91. The van der Waals surface area contributed by atoms with Crippen LogP contribution in [-0.2, 0) is 0 Å². The van der Waals surface area contributed by atoms with Gasteiger partial charge in [-0.15, -0.1) is 0 Å². The van der Waals surface area contributed by atoms with Crippen molar-refractivity contribution in [2.75, 3.05) is 7.05 Å². The molecule has 3 N–H and O–H groups in total. The minimum atomic E-state index is 0.743. The van der Waals surface area contributed by atoms with Crippen LogP contribution in [0.15, 0.2) is 28.7 Å². The molecule has 0 unspecified atom stereocenters. The molecule has 0 aromatic rings. The van der Waals surface area contributed by atoms with Crippen LogP contribution >= 0.6 is 0 Å². The fourth-order valence-electron chi connectivity index (χ4n) is 0.766. The highest BCUT2D eigenvalue weighted by molar-refractivity contribution is 5.55. The van der Waals surface area contributed by atoms with Crippen LogP contribution in [0.1, 0.15) is 20.3 Å². The molecular formula is C9H17N3. The Labute approximate surface area is 74.1 Å². The molecule has 0 heterocycles. The van der Waals surface area contributed by atoms with Crippen molar-refractivity contribution in [3.8, 4) is 0 Å². The number of nitrogens with two attached hydrogens (primary N) is 1. The molecule has 12 heavy (non-hydrogen) atoms.